The summed E-state index contributed by atoms with van der Waals surface area (Å²) in [7, 11) is 0. The summed E-state index contributed by atoms with van der Waals surface area (Å²) < 4.78 is 0. The van der Waals surface area contributed by atoms with Crippen molar-refractivity contribution in [1.29, 1.82) is 0 Å². The molecule has 1 unspecified atom stereocenters. The molecule has 114 valence electrons. The van der Waals surface area contributed by atoms with Crippen molar-refractivity contribution in [2.45, 2.75) is 110 Å². The highest BCUT2D eigenvalue weighted by molar-refractivity contribution is 4.77. The van der Waals surface area contributed by atoms with Crippen molar-refractivity contribution in [1.82, 2.24) is 5.32 Å². The van der Waals surface area contributed by atoms with Crippen molar-refractivity contribution in [2.75, 3.05) is 0 Å². The summed E-state index contributed by atoms with van der Waals surface area (Å²) >= 11 is 0. The van der Waals surface area contributed by atoms with Crippen molar-refractivity contribution in [3.8, 4) is 0 Å². The number of unbranched alkanes of at least 4 members (excludes halogenated alkanes) is 4. The van der Waals surface area contributed by atoms with Gasteiger partial charge in [0.05, 0.1) is 0 Å². The molecule has 0 aromatic heterocycles. The molecule has 0 aliphatic heterocycles. The van der Waals surface area contributed by atoms with Crippen LogP contribution in [-0.2, 0) is 0 Å². The van der Waals surface area contributed by atoms with Gasteiger partial charge in [-0.1, -0.05) is 64.7 Å². The predicted octanol–water partition coefficient (Wildman–Crippen LogP) is 5.68. The summed E-state index contributed by atoms with van der Waals surface area (Å²) in [6.45, 7) is 7.09. The van der Waals surface area contributed by atoms with Crippen LogP contribution in [0.25, 0.3) is 0 Å². The lowest BCUT2D eigenvalue weighted by Crippen LogP contribution is -2.39. The Kier molecular flexibility index (Phi) is 9.59. The second-order valence-corrected chi connectivity index (χ2v) is 6.81. The summed E-state index contributed by atoms with van der Waals surface area (Å²) in [5.74, 6) is 0.935. The predicted molar refractivity (Wildman–Crippen MR) is 86.6 cm³/mol. The molecule has 1 heteroatoms. The van der Waals surface area contributed by atoms with Crippen LogP contribution in [0.2, 0.25) is 0 Å². The average Bonchev–Trinajstić information content (AvgIpc) is 2.67. The standard InChI is InChI=1S/C18H37N/c1-4-5-6-7-10-13-16(2)19-17(3)18-14-11-8-9-12-15-18/h16-19H,4-15H2,1-3H3/t16?,17-/m0/s1. The molecule has 0 aromatic carbocycles. The maximum Gasteiger partial charge on any atom is 0.00694 e. The topological polar surface area (TPSA) is 12.0 Å². The molecule has 19 heavy (non-hydrogen) atoms. The van der Waals surface area contributed by atoms with Gasteiger partial charge in [0, 0.05) is 12.1 Å². The fourth-order valence-corrected chi connectivity index (χ4v) is 3.53. The summed E-state index contributed by atoms with van der Waals surface area (Å²) in [5.41, 5.74) is 0. The van der Waals surface area contributed by atoms with Gasteiger partial charge in [-0.25, -0.2) is 0 Å². The van der Waals surface area contributed by atoms with Crippen molar-refractivity contribution in [2.24, 2.45) is 5.92 Å². The molecule has 0 heterocycles. The monoisotopic (exact) mass is 267 g/mol. The van der Waals surface area contributed by atoms with Crippen molar-refractivity contribution in [3.05, 3.63) is 0 Å². The molecular weight excluding hydrogens is 230 g/mol. The molecule has 1 aliphatic rings. The fraction of sp³-hybridized carbons (Fsp3) is 1.00. The molecule has 0 amide bonds. The first-order valence-corrected chi connectivity index (χ1v) is 9.00. The van der Waals surface area contributed by atoms with E-state index in [1.807, 2.05) is 0 Å². The second-order valence-electron chi connectivity index (χ2n) is 6.81. The molecule has 1 N–H and O–H groups in total. The van der Waals surface area contributed by atoms with Gasteiger partial charge < -0.3 is 5.32 Å². The molecule has 0 spiro atoms. The number of nitrogens with one attached hydrogen (secondary N) is 1. The second kappa shape index (κ2) is 10.7. The SMILES string of the molecule is CCCCCCCC(C)N[C@@H](C)C1CCCCCC1. The Morgan fingerprint density at radius 1 is 0.895 bits per heavy atom. The maximum atomic E-state index is 3.87. The van der Waals surface area contributed by atoms with E-state index >= 15 is 0 Å². The van der Waals surface area contributed by atoms with E-state index in [-0.39, 0.29) is 0 Å². The molecule has 1 aliphatic carbocycles. The highest BCUT2D eigenvalue weighted by Gasteiger charge is 2.19. The quantitative estimate of drug-likeness (QED) is 0.418. The van der Waals surface area contributed by atoms with E-state index in [0.29, 0.717) is 6.04 Å². The van der Waals surface area contributed by atoms with Crippen LogP contribution in [0.15, 0.2) is 0 Å². The first kappa shape index (κ1) is 17.0. The van der Waals surface area contributed by atoms with E-state index in [9.17, 15) is 0 Å². The van der Waals surface area contributed by atoms with Crippen LogP contribution in [0.5, 0.6) is 0 Å². The number of hydrogen-bond donors (Lipinski definition) is 1. The summed E-state index contributed by atoms with van der Waals surface area (Å²) in [4.78, 5) is 0. The normalized spacial score (nSPS) is 21.0. The van der Waals surface area contributed by atoms with E-state index < -0.39 is 0 Å². The minimum atomic E-state index is 0.708. The summed E-state index contributed by atoms with van der Waals surface area (Å²) in [5, 5.41) is 3.87. The van der Waals surface area contributed by atoms with Gasteiger partial charge in [0.25, 0.3) is 0 Å². The van der Waals surface area contributed by atoms with Crippen LogP contribution in [-0.4, -0.2) is 12.1 Å². The largest absolute Gasteiger partial charge is 0.312 e. The molecule has 1 fully saturated rings. The molecule has 0 bridgehead atoms. The minimum Gasteiger partial charge on any atom is -0.312 e. The Hall–Kier alpha value is -0.0400. The maximum absolute atomic E-state index is 3.87. The molecule has 1 rings (SSSR count). The first-order valence-electron chi connectivity index (χ1n) is 9.00. The lowest BCUT2D eigenvalue weighted by molar-refractivity contribution is 0.306. The molecule has 0 radical (unpaired) electrons. The van der Waals surface area contributed by atoms with Gasteiger partial charge in [-0.15, -0.1) is 0 Å². The summed E-state index contributed by atoms with van der Waals surface area (Å²) in [6.07, 6.45) is 17.2. The Morgan fingerprint density at radius 3 is 2.16 bits per heavy atom. The van der Waals surface area contributed by atoms with Crippen LogP contribution < -0.4 is 5.32 Å². The molecule has 1 saturated carbocycles. The third-order valence-corrected chi connectivity index (χ3v) is 4.90. The van der Waals surface area contributed by atoms with E-state index in [4.69, 9.17) is 0 Å². The Morgan fingerprint density at radius 2 is 1.53 bits per heavy atom. The highest BCUT2D eigenvalue weighted by Crippen LogP contribution is 2.25. The van der Waals surface area contributed by atoms with Crippen LogP contribution in [0, 0.1) is 5.92 Å². The zero-order valence-corrected chi connectivity index (χ0v) is 13.7. The van der Waals surface area contributed by atoms with E-state index in [1.54, 1.807) is 0 Å². The van der Waals surface area contributed by atoms with E-state index in [1.165, 1.54) is 77.0 Å². The Labute approximate surface area is 121 Å². The van der Waals surface area contributed by atoms with E-state index in [0.717, 1.165) is 12.0 Å². The molecule has 1 nitrogen and oxygen atoms in total. The Balaban J connectivity index is 2.10. The molecule has 0 saturated heterocycles. The van der Waals surface area contributed by atoms with Crippen LogP contribution in [0.3, 0.4) is 0 Å². The van der Waals surface area contributed by atoms with Gasteiger partial charge in [-0.05, 0) is 39.0 Å². The van der Waals surface area contributed by atoms with E-state index in [2.05, 4.69) is 26.1 Å². The minimum absolute atomic E-state index is 0.708. The number of rotatable bonds is 9. The average molecular weight is 268 g/mol. The van der Waals surface area contributed by atoms with Crippen molar-refractivity contribution in [3.63, 3.8) is 0 Å². The fourth-order valence-electron chi connectivity index (χ4n) is 3.53. The lowest BCUT2D eigenvalue weighted by atomic mass is 9.92. The smallest absolute Gasteiger partial charge is 0.00694 e. The van der Waals surface area contributed by atoms with Gasteiger partial charge in [0.1, 0.15) is 0 Å². The molecule has 0 aromatic rings. The summed E-state index contributed by atoms with van der Waals surface area (Å²) in [6, 6.07) is 1.43. The van der Waals surface area contributed by atoms with Crippen LogP contribution in [0.1, 0.15) is 97.8 Å². The lowest BCUT2D eigenvalue weighted by Gasteiger charge is -2.27. The third kappa shape index (κ3) is 7.97. The third-order valence-electron chi connectivity index (χ3n) is 4.90. The van der Waals surface area contributed by atoms with Crippen LogP contribution in [0.4, 0.5) is 0 Å². The van der Waals surface area contributed by atoms with Gasteiger partial charge in [-0.2, -0.15) is 0 Å². The zero-order chi connectivity index (χ0) is 13.9. The van der Waals surface area contributed by atoms with Crippen LogP contribution >= 0.6 is 0 Å². The molecule has 2 atom stereocenters. The Bertz CT molecular complexity index is 194. The molecular formula is C18H37N. The first-order chi connectivity index (χ1) is 9.24. The van der Waals surface area contributed by atoms with Gasteiger partial charge in [-0.3, -0.25) is 0 Å². The number of hydrogen-bond acceptors (Lipinski definition) is 1. The zero-order valence-electron chi connectivity index (χ0n) is 13.7. The van der Waals surface area contributed by atoms with Crippen molar-refractivity contribution >= 4 is 0 Å². The van der Waals surface area contributed by atoms with Gasteiger partial charge >= 0.3 is 0 Å². The highest BCUT2D eigenvalue weighted by atomic mass is 14.9. The van der Waals surface area contributed by atoms with Crippen molar-refractivity contribution < 1.29 is 0 Å². The van der Waals surface area contributed by atoms with Gasteiger partial charge in [0.15, 0.2) is 0 Å². The van der Waals surface area contributed by atoms with Gasteiger partial charge in [0.2, 0.25) is 0 Å².